The molecule has 0 spiro atoms. The number of hydrogen-bond donors (Lipinski definition) is 0. The van der Waals surface area contributed by atoms with E-state index in [1.54, 1.807) is 39.7 Å². The minimum Gasteiger partial charge on any atom is -0.422 e. The fraction of sp³-hybridized carbons (Fsp3) is 0.0769. The molecular formula is C26H20N4O3. The number of aryl methyl sites for hydroxylation is 2. The summed E-state index contributed by atoms with van der Waals surface area (Å²) in [5.74, 6) is -0.434. The molecule has 0 aliphatic heterocycles. The van der Waals surface area contributed by atoms with Gasteiger partial charge in [0.2, 0.25) is 0 Å². The molecule has 0 bridgehead atoms. The van der Waals surface area contributed by atoms with Gasteiger partial charge in [-0.2, -0.15) is 10.2 Å². The van der Waals surface area contributed by atoms with Crippen molar-refractivity contribution in [1.82, 2.24) is 19.6 Å². The van der Waals surface area contributed by atoms with Crippen molar-refractivity contribution < 1.29 is 9.21 Å². The Morgan fingerprint density at radius 1 is 1.00 bits per heavy atom. The number of carbonyl (C=O) groups excluding carboxylic acids is 1. The molecule has 7 heteroatoms. The van der Waals surface area contributed by atoms with Crippen molar-refractivity contribution >= 4 is 22.8 Å². The molecule has 162 valence electrons. The number of fused-ring (bicyclic) bond motifs is 1. The molecular weight excluding hydrogens is 416 g/mol. The molecule has 33 heavy (non-hydrogen) atoms. The zero-order valence-corrected chi connectivity index (χ0v) is 18.1. The van der Waals surface area contributed by atoms with Crippen molar-refractivity contribution in [3.8, 4) is 16.9 Å². The maximum atomic E-state index is 12.9. The molecule has 0 atom stereocenters. The Hall–Kier alpha value is -4.52. The summed E-state index contributed by atoms with van der Waals surface area (Å²) in [6, 6.07) is 18.4. The van der Waals surface area contributed by atoms with Crippen LogP contribution in [-0.2, 0) is 7.05 Å². The number of rotatable bonds is 5. The highest BCUT2D eigenvalue weighted by molar-refractivity contribution is 6.08. The predicted octanol–water partition coefficient (Wildman–Crippen LogP) is 4.58. The SMILES string of the molecule is Cc1nn(C)cc1-c1nn(-c2ccccc2)cc1C=CC(=O)c1cc2ccccc2oc1=O. The van der Waals surface area contributed by atoms with Gasteiger partial charge in [0, 0.05) is 36.0 Å². The van der Waals surface area contributed by atoms with E-state index in [-0.39, 0.29) is 5.56 Å². The van der Waals surface area contributed by atoms with E-state index in [4.69, 9.17) is 9.52 Å². The average Bonchev–Trinajstić information content (AvgIpc) is 3.39. The summed E-state index contributed by atoms with van der Waals surface area (Å²) in [6.45, 7) is 1.91. The number of nitrogens with zero attached hydrogens (tertiary/aromatic N) is 4. The Morgan fingerprint density at radius 3 is 2.52 bits per heavy atom. The monoisotopic (exact) mass is 436 g/mol. The van der Waals surface area contributed by atoms with Gasteiger partial charge in [-0.25, -0.2) is 9.48 Å². The molecule has 5 aromatic rings. The number of hydrogen-bond acceptors (Lipinski definition) is 5. The first-order valence-electron chi connectivity index (χ1n) is 10.4. The van der Waals surface area contributed by atoms with Crippen LogP contribution in [0.5, 0.6) is 0 Å². The quantitative estimate of drug-likeness (QED) is 0.229. The van der Waals surface area contributed by atoms with Crippen molar-refractivity contribution in [2.24, 2.45) is 7.05 Å². The molecule has 0 radical (unpaired) electrons. The van der Waals surface area contributed by atoms with Crippen LogP contribution in [0.3, 0.4) is 0 Å². The third kappa shape index (κ3) is 3.92. The molecule has 0 amide bonds. The van der Waals surface area contributed by atoms with Gasteiger partial charge in [-0.05, 0) is 43.3 Å². The van der Waals surface area contributed by atoms with Gasteiger partial charge in [0.05, 0.1) is 11.4 Å². The first-order chi connectivity index (χ1) is 16.0. The zero-order valence-electron chi connectivity index (χ0n) is 18.1. The van der Waals surface area contributed by atoms with Crippen LogP contribution in [0.15, 0.2) is 88.3 Å². The molecule has 0 aliphatic rings. The highest BCUT2D eigenvalue weighted by atomic mass is 16.4. The van der Waals surface area contributed by atoms with Gasteiger partial charge in [0.25, 0.3) is 0 Å². The summed E-state index contributed by atoms with van der Waals surface area (Å²) < 4.78 is 8.79. The van der Waals surface area contributed by atoms with E-state index in [0.29, 0.717) is 16.7 Å². The minimum absolute atomic E-state index is 0.0143. The van der Waals surface area contributed by atoms with Crippen LogP contribution in [0.1, 0.15) is 21.6 Å². The lowest BCUT2D eigenvalue weighted by Crippen LogP contribution is -2.11. The largest absolute Gasteiger partial charge is 0.422 e. The number of benzene rings is 2. The predicted molar refractivity (Wildman–Crippen MR) is 126 cm³/mol. The summed E-state index contributed by atoms with van der Waals surface area (Å²) in [5.41, 5.74) is 3.78. The van der Waals surface area contributed by atoms with Crippen molar-refractivity contribution in [2.45, 2.75) is 6.92 Å². The lowest BCUT2D eigenvalue weighted by Gasteiger charge is -1.99. The fourth-order valence-electron chi connectivity index (χ4n) is 3.75. The molecule has 0 saturated heterocycles. The van der Waals surface area contributed by atoms with E-state index in [2.05, 4.69) is 5.10 Å². The molecule has 0 N–H and O–H groups in total. The van der Waals surface area contributed by atoms with Gasteiger partial charge in [-0.1, -0.05) is 36.4 Å². The zero-order chi connectivity index (χ0) is 22.9. The van der Waals surface area contributed by atoms with E-state index in [1.807, 2.05) is 62.8 Å². The van der Waals surface area contributed by atoms with Crippen LogP contribution in [0.4, 0.5) is 0 Å². The Balaban J connectivity index is 1.56. The first kappa shape index (κ1) is 20.4. The smallest absolute Gasteiger partial charge is 0.347 e. The second-order valence-electron chi connectivity index (χ2n) is 7.70. The molecule has 0 aliphatic carbocycles. The Labute approximate surface area is 189 Å². The highest BCUT2D eigenvalue weighted by Gasteiger charge is 2.16. The third-order valence-electron chi connectivity index (χ3n) is 5.35. The maximum absolute atomic E-state index is 12.9. The molecule has 5 rings (SSSR count). The molecule has 0 fully saturated rings. The van der Waals surface area contributed by atoms with Gasteiger partial charge in [0.1, 0.15) is 16.8 Å². The van der Waals surface area contributed by atoms with Crippen LogP contribution in [0.25, 0.3) is 34.0 Å². The number of carbonyl (C=O) groups is 1. The number of aromatic nitrogens is 4. The Kier molecular flexibility index (Phi) is 5.06. The van der Waals surface area contributed by atoms with Crippen molar-refractivity contribution in [3.05, 3.63) is 106 Å². The standard InChI is InChI=1S/C26H20N4O3/c1-17-22(16-29(2)27-17)25-19(15-30(28-25)20-9-4-3-5-10-20)12-13-23(31)21-14-18-8-6-7-11-24(18)33-26(21)32/h3-16H,1-2H3. The molecule has 3 heterocycles. The third-order valence-corrected chi connectivity index (χ3v) is 5.35. The summed E-state index contributed by atoms with van der Waals surface area (Å²) in [5, 5.41) is 9.86. The normalized spacial score (nSPS) is 11.5. The Bertz CT molecular complexity index is 1570. The van der Waals surface area contributed by atoms with Crippen molar-refractivity contribution in [3.63, 3.8) is 0 Å². The number of para-hydroxylation sites is 2. The topological polar surface area (TPSA) is 82.9 Å². The van der Waals surface area contributed by atoms with Gasteiger partial charge >= 0.3 is 5.63 Å². The lowest BCUT2D eigenvalue weighted by atomic mass is 10.1. The summed E-state index contributed by atoms with van der Waals surface area (Å²) >= 11 is 0. The molecule has 0 saturated carbocycles. The van der Waals surface area contributed by atoms with E-state index in [1.165, 1.54) is 6.08 Å². The first-order valence-corrected chi connectivity index (χ1v) is 10.4. The number of ketones is 1. The van der Waals surface area contributed by atoms with Gasteiger partial charge in [-0.15, -0.1) is 0 Å². The van der Waals surface area contributed by atoms with Crippen LogP contribution in [-0.4, -0.2) is 25.3 Å². The van der Waals surface area contributed by atoms with Gasteiger partial charge in [-0.3, -0.25) is 9.48 Å². The average molecular weight is 436 g/mol. The van der Waals surface area contributed by atoms with E-state index < -0.39 is 11.4 Å². The van der Waals surface area contributed by atoms with Crippen LogP contribution >= 0.6 is 0 Å². The highest BCUT2D eigenvalue weighted by Crippen LogP contribution is 2.27. The second-order valence-corrected chi connectivity index (χ2v) is 7.70. The molecule has 0 unspecified atom stereocenters. The number of allylic oxidation sites excluding steroid dienone is 1. The summed E-state index contributed by atoms with van der Waals surface area (Å²) in [7, 11) is 1.85. The second kappa shape index (κ2) is 8.20. The lowest BCUT2D eigenvalue weighted by molar-refractivity contribution is 0.104. The molecule has 7 nitrogen and oxygen atoms in total. The summed E-state index contributed by atoms with van der Waals surface area (Å²) in [4.78, 5) is 25.2. The molecule has 2 aromatic carbocycles. The Morgan fingerprint density at radius 2 is 1.76 bits per heavy atom. The van der Waals surface area contributed by atoms with E-state index in [9.17, 15) is 9.59 Å². The van der Waals surface area contributed by atoms with Crippen LogP contribution in [0, 0.1) is 6.92 Å². The van der Waals surface area contributed by atoms with Crippen LogP contribution in [0.2, 0.25) is 0 Å². The molecule has 3 aromatic heterocycles. The minimum atomic E-state index is -0.661. The van der Waals surface area contributed by atoms with Crippen molar-refractivity contribution in [2.75, 3.05) is 0 Å². The van der Waals surface area contributed by atoms with Gasteiger partial charge in [0.15, 0.2) is 5.78 Å². The van der Waals surface area contributed by atoms with E-state index in [0.717, 1.165) is 22.5 Å². The summed E-state index contributed by atoms with van der Waals surface area (Å²) in [6.07, 6.45) is 6.79. The fourth-order valence-corrected chi connectivity index (χ4v) is 3.75. The van der Waals surface area contributed by atoms with E-state index >= 15 is 0 Å². The van der Waals surface area contributed by atoms with Gasteiger partial charge < -0.3 is 4.42 Å². The maximum Gasteiger partial charge on any atom is 0.347 e. The van der Waals surface area contributed by atoms with Crippen LogP contribution < -0.4 is 5.63 Å². The van der Waals surface area contributed by atoms with Crippen molar-refractivity contribution in [1.29, 1.82) is 0 Å².